The lowest BCUT2D eigenvalue weighted by molar-refractivity contribution is -0.143. The van der Waals surface area contributed by atoms with E-state index in [4.69, 9.17) is 5.73 Å². The van der Waals surface area contributed by atoms with Crippen LogP contribution in [0.2, 0.25) is 0 Å². The predicted molar refractivity (Wildman–Crippen MR) is 353 cm³/mol. The number of hydrogen-bond donors (Lipinski definition) is 15. The number of carbonyl (C=O) groups excluding carboxylic acids is 10. The molecule has 4 saturated heterocycles. The van der Waals surface area contributed by atoms with Crippen molar-refractivity contribution in [2.24, 2.45) is 35.3 Å². The molecule has 8 aliphatic rings. The van der Waals surface area contributed by atoms with E-state index in [1.165, 1.54) is 35.3 Å². The van der Waals surface area contributed by atoms with Crippen LogP contribution in [-0.2, 0) is 64.2 Å². The molecule has 5 aliphatic heterocycles. The largest absolute Gasteiger partial charge is 0.481 e. The average molecular weight is 1390 g/mol. The summed E-state index contributed by atoms with van der Waals surface area (Å²) in [5.74, 6) is -9.18. The molecular formula is C65H98F2N14O13S2. The number of amides is 10. The number of carbonyl (C=O) groups is 11. The van der Waals surface area contributed by atoms with E-state index in [0.717, 1.165) is 11.1 Å². The zero-order valence-corrected chi connectivity index (χ0v) is 56.2. The van der Waals surface area contributed by atoms with Crippen molar-refractivity contribution >= 4 is 88.6 Å². The third-order valence-corrected chi connectivity index (χ3v) is 22.7. The van der Waals surface area contributed by atoms with Crippen LogP contribution in [0.25, 0.3) is 0 Å². The molecule has 16 N–H and O–H groups in total. The molecule has 27 nitrogen and oxygen atoms in total. The second-order valence-corrected chi connectivity index (χ2v) is 29.7. The van der Waals surface area contributed by atoms with Gasteiger partial charge in [0.15, 0.2) is 0 Å². The molecule has 17 atom stereocenters. The van der Waals surface area contributed by atoms with Gasteiger partial charge >= 0.3 is 5.97 Å². The van der Waals surface area contributed by atoms with Crippen molar-refractivity contribution in [2.75, 3.05) is 50.9 Å². The zero-order valence-electron chi connectivity index (χ0n) is 54.6. The van der Waals surface area contributed by atoms with Crippen LogP contribution in [-0.4, -0.2) is 216 Å². The van der Waals surface area contributed by atoms with Crippen LogP contribution in [0.15, 0.2) is 24.3 Å². The molecule has 0 spiro atoms. The Bertz CT molecular complexity index is 2930. The number of aliphatic carboxylic acids is 1. The SMILES string of the molecule is C[C@@H]1NC(=O)CCSCc2cccc(c2)CSC[C@@H](C(N)=O)NC(=O)[C@@H]2CCCN2C(=O)[C@H](CC2CCC(O)CC2)NC(=O)[C@H](CC2CNCN2)NC(=O)[C@H](CC(=O)O)NC(=O)[C@H](CC2CNC3CCC(F)CC23)NC(=O)[C@H](CC2CNC3CCC(F)CC23)NC(=O)CNC1=O. The van der Waals surface area contributed by atoms with Gasteiger partial charge in [0.2, 0.25) is 59.1 Å². The van der Waals surface area contributed by atoms with E-state index < -0.39 is 157 Å². The fourth-order valence-electron chi connectivity index (χ4n) is 15.3. The molecule has 1 aromatic rings. The van der Waals surface area contributed by atoms with Crippen molar-refractivity contribution in [3.05, 3.63) is 35.4 Å². The maximum Gasteiger partial charge on any atom is 0.305 e. The van der Waals surface area contributed by atoms with E-state index in [1.807, 2.05) is 24.3 Å². The van der Waals surface area contributed by atoms with Crippen LogP contribution in [0.3, 0.4) is 0 Å². The molecule has 5 heterocycles. The van der Waals surface area contributed by atoms with Crippen molar-refractivity contribution < 1.29 is 71.7 Å². The monoisotopic (exact) mass is 1380 g/mol. The normalized spacial score (nSPS) is 35.8. The molecule has 0 aromatic heterocycles. The number of rotatable bonds is 11. The van der Waals surface area contributed by atoms with Gasteiger partial charge in [0.1, 0.15) is 60.7 Å². The Morgan fingerprint density at radius 2 is 1.21 bits per heavy atom. The Kier molecular flexibility index (Phi) is 27.4. The van der Waals surface area contributed by atoms with Gasteiger partial charge in [-0.1, -0.05) is 24.3 Å². The number of aliphatic hydroxyl groups excluding tert-OH is 1. The Morgan fingerprint density at radius 3 is 1.81 bits per heavy atom. The lowest BCUT2D eigenvalue weighted by Gasteiger charge is -2.34. The van der Waals surface area contributed by atoms with Crippen molar-refractivity contribution in [1.29, 1.82) is 0 Å². The molecule has 0 radical (unpaired) electrons. The van der Waals surface area contributed by atoms with Crippen LogP contribution < -0.4 is 69.5 Å². The van der Waals surface area contributed by atoms with E-state index in [-0.39, 0.29) is 99.4 Å². The van der Waals surface area contributed by atoms with Gasteiger partial charge in [0.05, 0.1) is 19.1 Å². The highest BCUT2D eigenvalue weighted by molar-refractivity contribution is 7.98. The fraction of sp³-hybridized carbons (Fsp3) is 0.738. The van der Waals surface area contributed by atoms with Crippen LogP contribution in [0.4, 0.5) is 8.78 Å². The second kappa shape index (κ2) is 35.5. The van der Waals surface area contributed by atoms with Crippen LogP contribution in [0, 0.1) is 29.6 Å². The lowest BCUT2D eigenvalue weighted by atomic mass is 9.76. The van der Waals surface area contributed by atoms with Crippen molar-refractivity contribution in [3.63, 3.8) is 0 Å². The minimum absolute atomic E-state index is 0.0324. The minimum Gasteiger partial charge on any atom is -0.481 e. The minimum atomic E-state index is -1.89. The second-order valence-electron chi connectivity index (χ2n) is 27.6. The first-order chi connectivity index (χ1) is 46.0. The van der Waals surface area contributed by atoms with Gasteiger partial charge < -0.3 is 84.6 Å². The lowest BCUT2D eigenvalue weighted by Crippen LogP contribution is -2.61. The summed E-state index contributed by atoms with van der Waals surface area (Å²) < 4.78 is 30.3. The van der Waals surface area contributed by atoms with Crippen molar-refractivity contribution in [2.45, 2.75) is 219 Å². The molecule has 3 aliphatic carbocycles. The molecule has 1 aromatic carbocycles. The van der Waals surface area contributed by atoms with Crippen LogP contribution >= 0.6 is 23.5 Å². The summed E-state index contributed by atoms with van der Waals surface area (Å²) in [5.41, 5.74) is 7.75. The Balaban J connectivity index is 1.01. The molecule has 532 valence electrons. The van der Waals surface area contributed by atoms with E-state index in [1.54, 1.807) is 0 Å². The maximum atomic E-state index is 15.2. The third kappa shape index (κ3) is 21.1. The highest BCUT2D eigenvalue weighted by atomic mass is 32.2. The van der Waals surface area contributed by atoms with Gasteiger partial charge in [0, 0.05) is 67.3 Å². The standard InChI is InChI=1S/C65H98F2N14O13S2/c1-34-59(88)72-29-56(84)75-48(20-38-26-70-46-13-9-40(66)22-44(38)46)60(89)76-49(21-39-27-71-47-14-10-41(67)23-45(39)47)61(90)78-51(25-57(85)86)63(92)77-50(24-42-28-69-33-73-42)62(91)79-52(19-35-7-11-43(82)12-8-35)65(94)81-16-3-6-54(81)64(93)80-53(58(68)87)32-96-31-37-5-2-4-36(18-37)30-95-17-15-55(83)74-34/h2,4-5,18,34-35,38-54,69-71,73,82H,3,6-17,19-33H2,1H3,(H2,68,87)(H,72,88)(H,74,83)(H,75,84)(H,76,89)(H,77,92)(H,78,90)(H,79,91)(H,80,93)(H,85,86)/t34-,35?,38?,39?,40?,41?,42?,43?,44?,45?,46?,47?,48-,49-,50-,51-,52-,53-,54-/m0/s1. The highest BCUT2D eigenvalue weighted by Crippen LogP contribution is 2.40. The number of benzene rings is 1. The summed E-state index contributed by atoms with van der Waals surface area (Å²) in [6.45, 7) is 2.33. The number of alkyl halides is 2. The maximum absolute atomic E-state index is 15.2. The van der Waals surface area contributed by atoms with Gasteiger partial charge in [-0.2, -0.15) is 23.5 Å². The molecular weight excluding hydrogens is 1290 g/mol. The number of nitrogens with zero attached hydrogens (tertiary/aromatic N) is 1. The molecule has 10 amide bonds. The molecule has 31 heteroatoms. The quantitative estimate of drug-likeness (QED) is 0.128. The van der Waals surface area contributed by atoms with E-state index in [0.29, 0.717) is 101 Å². The Hall–Kier alpha value is -6.25. The smallest absolute Gasteiger partial charge is 0.305 e. The number of halogens is 2. The van der Waals surface area contributed by atoms with Gasteiger partial charge in [-0.15, -0.1) is 0 Å². The fourth-order valence-corrected chi connectivity index (χ4v) is 17.2. The Morgan fingerprint density at radius 1 is 0.625 bits per heavy atom. The number of fused-ring (bicyclic) bond motifs is 5. The zero-order chi connectivity index (χ0) is 68.6. The van der Waals surface area contributed by atoms with Crippen LogP contribution in [0.5, 0.6) is 0 Å². The number of primary amides is 1. The van der Waals surface area contributed by atoms with Crippen molar-refractivity contribution in [3.8, 4) is 0 Å². The van der Waals surface area contributed by atoms with Gasteiger partial charge in [-0.25, -0.2) is 8.78 Å². The summed E-state index contributed by atoms with van der Waals surface area (Å²) >= 11 is 2.86. The topological polar surface area (TPSA) is 402 Å². The van der Waals surface area contributed by atoms with E-state index >= 15 is 28.0 Å². The summed E-state index contributed by atoms with van der Waals surface area (Å²) in [7, 11) is 0. The van der Waals surface area contributed by atoms with Gasteiger partial charge in [-0.05, 0) is 163 Å². The number of nitrogens with one attached hydrogen (secondary N) is 12. The molecule has 9 rings (SSSR count). The molecule has 2 bridgehead atoms. The molecule has 96 heavy (non-hydrogen) atoms. The van der Waals surface area contributed by atoms with Crippen LogP contribution in [0.1, 0.15) is 134 Å². The summed E-state index contributed by atoms with van der Waals surface area (Å²) in [6.07, 6.45) is 0.812. The van der Waals surface area contributed by atoms with Gasteiger partial charge in [0.25, 0.3) is 0 Å². The number of aliphatic hydroxyl groups is 1. The first-order valence-corrected chi connectivity index (χ1v) is 36.6. The highest BCUT2D eigenvalue weighted by Gasteiger charge is 2.47. The number of hydrogen-bond acceptors (Lipinski definition) is 18. The number of thioether (sulfide) groups is 2. The molecule has 7 fully saturated rings. The van der Waals surface area contributed by atoms with Gasteiger partial charge in [-0.3, -0.25) is 52.7 Å². The average Bonchev–Trinajstić information content (AvgIpc) is 1.66. The van der Waals surface area contributed by atoms with E-state index in [2.05, 4.69) is 63.8 Å². The molecule has 3 saturated carbocycles. The third-order valence-electron chi connectivity index (χ3n) is 20.6. The summed E-state index contributed by atoms with van der Waals surface area (Å²) in [4.78, 5) is 157. The summed E-state index contributed by atoms with van der Waals surface area (Å²) in [5, 5.41) is 55.6. The predicted octanol–water partition coefficient (Wildman–Crippen LogP) is -0.880. The number of carboxylic acids is 1. The van der Waals surface area contributed by atoms with Crippen molar-refractivity contribution in [1.82, 2.24) is 68.7 Å². The summed E-state index contributed by atoms with van der Waals surface area (Å²) in [6, 6.07) is -3.71. The van der Waals surface area contributed by atoms with E-state index in [9.17, 15) is 43.8 Å². The number of carboxylic acid groups (broad SMARTS) is 1. The number of nitrogens with two attached hydrogens (primary N) is 1. The molecule has 9 unspecified atom stereocenters. The first kappa shape index (κ1) is 74.0. The Labute approximate surface area is 567 Å². The first-order valence-electron chi connectivity index (χ1n) is 34.3.